The molecule has 0 saturated carbocycles. The van der Waals surface area contributed by atoms with Gasteiger partial charge in [0.25, 0.3) is 11.8 Å². The van der Waals surface area contributed by atoms with Gasteiger partial charge in [0, 0.05) is 19.6 Å². The Labute approximate surface area is 121 Å². The molecule has 2 fully saturated rings. The topological polar surface area (TPSA) is 82.9 Å². The summed E-state index contributed by atoms with van der Waals surface area (Å²) < 4.78 is 5.10. The molecule has 0 aromatic carbocycles. The number of urea groups is 1. The van der Waals surface area contributed by atoms with Crippen molar-refractivity contribution in [1.29, 1.82) is 0 Å². The molecule has 7 nitrogen and oxygen atoms in total. The maximum absolute atomic E-state index is 12.3. The van der Waals surface area contributed by atoms with Gasteiger partial charge in [-0.05, 0) is 31.9 Å². The van der Waals surface area contributed by atoms with E-state index in [0.717, 1.165) is 0 Å². The summed E-state index contributed by atoms with van der Waals surface area (Å²) >= 11 is 0. The number of hydrogen-bond acceptors (Lipinski definition) is 4. The average Bonchev–Trinajstić information content (AvgIpc) is 3.08. The van der Waals surface area contributed by atoms with Gasteiger partial charge in [-0.3, -0.25) is 14.5 Å². The Morgan fingerprint density at radius 3 is 2.62 bits per heavy atom. The maximum atomic E-state index is 12.3. The number of nitrogens with one attached hydrogen (secondary N) is 1. The largest absolute Gasteiger partial charge is 0.459 e. The fraction of sp³-hybridized carbons (Fsp3) is 0.500. The Hall–Kier alpha value is -2.31. The summed E-state index contributed by atoms with van der Waals surface area (Å²) in [5.74, 6) is -0.0676. The summed E-state index contributed by atoms with van der Waals surface area (Å²) in [7, 11) is 0. The average molecular weight is 291 g/mol. The van der Waals surface area contributed by atoms with E-state index in [1.807, 2.05) is 0 Å². The molecular weight excluding hydrogens is 274 g/mol. The Morgan fingerprint density at radius 1 is 1.38 bits per heavy atom. The number of likely N-dealkylation sites (tertiary alicyclic amines) is 1. The fourth-order valence-corrected chi connectivity index (χ4v) is 2.95. The van der Waals surface area contributed by atoms with Gasteiger partial charge in [0.05, 0.1) is 6.26 Å². The number of furan rings is 1. The molecule has 1 aromatic heterocycles. The number of likely N-dealkylation sites (N-methyl/N-ethyl adjacent to an activating group) is 1. The quantitative estimate of drug-likeness (QED) is 0.818. The molecule has 1 spiro atoms. The van der Waals surface area contributed by atoms with Crippen LogP contribution in [0.5, 0.6) is 0 Å². The molecule has 1 aromatic rings. The maximum Gasteiger partial charge on any atom is 0.325 e. The van der Waals surface area contributed by atoms with Crippen molar-refractivity contribution in [3.8, 4) is 0 Å². The van der Waals surface area contributed by atoms with E-state index < -0.39 is 5.54 Å². The third-order valence-corrected chi connectivity index (χ3v) is 4.20. The molecule has 3 rings (SSSR count). The van der Waals surface area contributed by atoms with Crippen molar-refractivity contribution in [3.05, 3.63) is 24.2 Å². The van der Waals surface area contributed by atoms with Crippen LogP contribution in [0, 0.1) is 0 Å². The lowest BCUT2D eigenvalue weighted by Gasteiger charge is -2.36. The van der Waals surface area contributed by atoms with Crippen LogP contribution >= 0.6 is 0 Å². The number of carbonyl (C=O) groups excluding carboxylic acids is 3. The minimum absolute atomic E-state index is 0.180. The minimum atomic E-state index is -0.840. The van der Waals surface area contributed by atoms with E-state index in [-0.39, 0.29) is 17.8 Å². The monoisotopic (exact) mass is 291 g/mol. The number of nitrogens with zero attached hydrogens (tertiary/aromatic N) is 2. The van der Waals surface area contributed by atoms with Crippen LogP contribution in [0.1, 0.15) is 30.3 Å². The third-order valence-electron chi connectivity index (χ3n) is 4.20. The molecule has 2 aliphatic heterocycles. The zero-order valence-corrected chi connectivity index (χ0v) is 11.8. The normalized spacial score (nSPS) is 21.0. The summed E-state index contributed by atoms with van der Waals surface area (Å²) in [4.78, 5) is 39.2. The lowest BCUT2D eigenvalue weighted by Crippen LogP contribution is -2.55. The van der Waals surface area contributed by atoms with Crippen molar-refractivity contribution in [2.75, 3.05) is 19.6 Å². The van der Waals surface area contributed by atoms with Crippen molar-refractivity contribution in [2.24, 2.45) is 0 Å². The van der Waals surface area contributed by atoms with Gasteiger partial charge in [-0.1, -0.05) is 0 Å². The van der Waals surface area contributed by atoms with E-state index in [1.165, 1.54) is 11.2 Å². The highest BCUT2D eigenvalue weighted by Crippen LogP contribution is 2.29. The molecule has 0 radical (unpaired) electrons. The first kappa shape index (κ1) is 13.7. The number of rotatable bonds is 2. The van der Waals surface area contributed by atoms with Gasteiger partial charge in [-0.15, -0.1) is 0 Å². The predicted octanol–water partition coefficient (Wildman–Crippen LogP) is 0.826. The fourth-order valence-electron chi connectivity index (χ4n) is 2.95. The molecule has 0 aliphatic carbocycles. The molecule has 3 heterocycles. The van der Waals surface area contributed by atoms with Crippen LogP contribution in [0.25, 0.3) is 0 Å². The Morgan fingerprint density at radius 2 is 2.10 bits per heavy atom. The second kappa shape index (κ2) is 4.91. The number of imide groups is 1. The summed E-state index contributed by atoms with van der Waals surface area (Å²) in [5, 5.41) is 2.79. The van der Waals surface area contributed by atoms with E-state index >= 15 is 0 Å². The van der Waals surface area contributed by atoms with Gasteiger partial charge >= 0.3 is 6.03 Å². The second-order valence-electron chi connectivity index (χ2n) is 5.33. The molecule has 0 unspecified atom stereocenters. The van der Waals surface area contributed by atoms with E-state index in [4.69, 9.17) is 4.42 Å². The summed E-state index contributed by atoms with van der Waals surface area (Å²) in [6.45, 7) is 2.97. The van der Waals surface area contributed by atoms with Gasteiger partial charge in [0.2, 0.25) is 0 Å². The van der Waals surface area contributed by atoms with Crippen LogP contribution < -0.4 is 5.32 Å². The zero-order chi connectivity index (χ0) is 15.0. The third kappa shape index (κ3) is 2.09. The van der Waals surface area contributed by atoms with Gasteiger partial charge in [0.1, 0.15) is 5.54 Å². The summed E-state index contributed by atoms with van der Waals surface area (Å²) in [5.41, 5.74) is -0.840. The number of amides is 4. The van der Waals surface area contributed by atoms with Crippen LogP contribution in [0.4, 0.5) is 4.79 Å². The first-order valence-electron chi connectivity index (χ1n) is 7.04. The Bertz CT molecular complexity index is 573. The molecule has 2 saturated heterocycles. The molecular formula is C14H17N3O4. The van der Waals surface area contributed by atoms with Crippen LogP contribution in [-0.2, 0) is 4.79 Å². The van der Waals surface area contributed by atoms with Crippen LogP contribution in [0.2, 0.25) is 0 Å². The predicted molar refractivity (Wildman–Crippen MR) is 72.5 cm³/mol. The van der Waals surface area contributed by atoms with Crippen molar-refractivity contribution < 1.29 is 18.8 Å². The highest BCUT2D eigenvalue weighted by atomic mass is 16.3. The Balaban J connectivity index is 1.70. The molecule has 0 atom stereocenters. The highest BCUT2D eigenvalue weighted by Gasteiger charge is 2.52. The van der Waals surface area contributed by atoms with Crippen LogP contribution in [0.3, 0.4) is 0 Å². The van der Waals surface area contributed by atoms with Crippen LogP contribution in [-0.4, -0.2) is 52.8 Å². The van der Waals surface area contributed by atoms with Crippen molar-refractivity contribution in [1.82, 2.24) is 15.1 Å². The SMILES string of the molecule is CCN1C(=O)NC2(CCN(C(=O)c3ccco3)CC2)C1=O. The minimum Gasteiger partial charge on any atom is -0.459 e. The Kier molecular flexibility index (Phi) is 3.19. The lowest BCUT2D eigenvalue weighted by molar-refractivity contribution is -0.132. The number of piperidine rings is 1. The highest BCUT2D eigenvalue weighted by molar-refractivity contribution is 6.07. The molecule has 0 bridgehead atoms. The van der Waals surface area contributed by atoms with Gasteiger partial charge < -0.3 is 14.6 Å². The first-order valence-corrected chi connectivity index (χ1v) is 7.04. The van der Waals surface area contributed by atoms with E-state index in [9.17, 15) is 14.4 Å². The lowest BCUT2D eigenvalue weighted by atomic mass is 9.87. The van der Waals surface area contributed by atoms with Crippen molar-refractivity contribution >= 4 is 17.8 Å². The molecule has 7 heteroatoms. The molecule has 112 valence electrons. The molecule has 21 heavy (non-hydrogen) atoms. The molecule has 4 amide bonds. The van der Waals surface area contributed by atoms with Crippen molar-refractivity contribution in [2.45, 2.75) is 25.3 Å². The van der Waals surface area contributed by atoms with Crippen molar-refractivity contribution in [3.63, 3.8) is 0 Å². The molecule has 1 N–H and O–H groups in total. The summed E-state index contributed by atoms with van der Waals surface area (Å²) in [6.07, 6.45) is 2.32. The van der Waals surface area contributed by atoms with Gasteiger partial charge in [-0.2, -0.15) is 0 Å². The zero-order valence-electron chi connectivity index (χ0n) is 11.8. The standard InChI is InChI=1S/C14H17N3O4/c1-2-17-12(19)14(15-13(17)20)5-7-16(8-6-14)11(18)10-4-3-9-21-10/h3-4,9H,2,5-8H2,1H3,(H,15,20). The van der Waals surface area contributed by atoms with E-state index in [1.54, 1.807) is 24.0 Å². The van der Waals surface area contributed by atoms with E-state index in [0.29, 0.717) is 38.2 Å². The smallest absolute Gasteiger partial charge is 0.325 e. The van der Waals surface area contributed by atoms with Gasteiger partial charge in [0.15, 0.2) is 5.76 Å². The number of carbonyl (C=O) groups is 3. The van der Waals surface area contributed by atoms with Gasteiger partial charge in [-0.25, -0.2) is 4.79 Å². The summed E-state index contributed by atoms with van der Waals surface area (Å²) in [6, 6.07) is 2.94. The molecule has 2 aliphatic rings. The van der Waals surface area contributed by atoms with E-state index in [2.05, 4.69) is 5.32 Å². The first-order chi connectivity index (χ1) is 10.1. The second-order valence-corrected chi connectivity index (χ2v) is 5.33. The van der Waals surface area contributed by atoms with Crippen LogP contribution in [0.15, 0.2) is 22.8 Å². The number of hydrogen-bond donors (Lipinski definition) is 1.